The minimum Gasteiger partial charge on any atom is -0.467 e. The maximum Gasteiger partial charge on any atom is 0.251 e. The Morgan fingerprint density at radius 1 is 1.30 bits per heavy atom. The summed E-state index contributed by atoms with van der Waals surface area (Å²) in [5.41, 5.74) is 6.78. The van der Waals surface area contributed by atoms with E-state index in [1.807, 2.05) is 12.1 Å². The Bertz CT molecular complexity index is 538. The van der Waals surface area contributed by atoms with Gasteiger partial charge in [-0.3, -0.25) is 4.79 Å². The summed E-state index contributed by atoms with van der Waals surface area (Å²) in [6.45, 7) is 1.58. The number of rotatable bonds is 7. The summed E-state index contributed by atoms with van der Waals surface area (Å²) in [6.07, 6.45) is 2.36. The van der Waals surface area contributed by atoms with Crippen molar-refractivity contribution in [1.82, 2.24) is 5.32 Å². The number of ether oxygens (including phenoxy) is 1. The normalized spacial score (nSPS) is 10.4. The third kappa shape index (κ3) is 4.44. The lowest BCUT2D eigenvalue weighted by Gasteiger charge is -2.06. The number of hydrogen-bond donors (Lipinski definition) is 2. The highest BCUT2D eigenvalue weighted by Crippen LogP contribution is 2.06. The van der Waals surface area contributed by atoms with Crippen LogP contribution in [-0.2, 0) is 11.3 Å². The summed E-state index contributed by atoms with van der Waals surface area (Å²) in [4.78, 5) is 11.8. The van der Waals surface area contributed by atoms with Crippen molar-refractivity contribution < 1.29 is 13.9 Å². The highest BCUT2D eigenvalue weighted by molar-refractivity contribution is 5.94. The summed E-state index contributed by atoms with van der Waals surface area (Å²) in [7, 11) is 0. The molecule has 1 aromatic heterocycles. The van der Waals surface area contributed by atoms with Gasteiger partial charge >= 0.3 is 0 Å². The molecule has 0 unspecified atom stereocenters. The number of nitrogen functional groups attached to an aromatic ring is 1. The number of nitrogens with two attached hydrogens (primary N) is 1. The van der Waals surface area contributed by atoms with E-state index in [1.54, 1.807) is 30.5 Å². The Labute approximate surface area is 117 Å². The van der Waals surface area contributed by atoms with E-state index < -0.39 is 0 Å². The predicted octanol–water partition coefficient (Wildman–Crippen LogP) is 2.20. The molecule has 20 heavy (non-hydrogen) atoms. The van der Waals surface area contributed by atoms with Gasteiger partial charge in [0, 0.05) is 24.4 Å². The smallest absolute Gasteiger partial charge is 0.251 e. The first kappa shape index (κ1) is 14.1. The SMILES string of the molecule is Nc1cccc(C(=O)NCCCOCc2ccco2)c1. The number of furan rings is 1. The molecule has 0 aliphatic carbocycles. The van der Waals surface area contributed by atoms with Crippen LogP contribution in [0.2, 0.25) is 0 Å². The minimum absolute atomic E-state index is 0.122. The monoisotopic (exact) mass is 274 g/mol. The standard InChI is InChI=1S/C15H18N2O3/c16-13-5-1-4-12(10-13)15(18)17-7-3-8-19-11-14-6-2-9-20-14/h1-2,4-6,9-10H,3,7-8,11,16H2,(H,17,18). The molecular formula is C15H18N2O3. The van der Waals surface area contributed by atoms with Crippen LogP contribution in [-0.4, -0.2) is 19.1 Å². The molecule has 0 fully saturated rings. The molecule has 0 saturated heterocycles. The lowest BCUT2D eigenvalue weighted by Crippen LogP contribution is -2.25. The van der Waals surface area contributed by atoms with Crippen LogP contribution in [0.5, 0.6) is 0 Å². The van der Waals surface area contributed by atoms with Crippen LogP contribution in [0, 0.1) is 0 Å². The average Bonchev–Trinajstić information content (AvgIpc) is 2.95. The number of carbonyl (C=O) groups excluding carboxylic acids is 1. The first-order valence-corrected chi connectivity index (χ1v) is 6.49. The van der Waals surface area contributed by atoms with Crippen LogP contribution in [0.15, 0.2) is 47.1 Å². The van der Waals surface area contributed by atoms with Gasteiger partial charge in [0.25, 0.3) is 5.91 Å². The molecule has 106 valence electrons. The van der Waals surface area contributed by atoms with Crippen molar-refractivity contribution in [3.63, 3.8) is 0 Å². The fourth-order valence-electron chi connectivity index (χ4n) is 1.73. The number of anilines is 1. The number of amides is 1. The number of nitrogens with one attached hydrogen (secondary N) is 1. The zero-order chi connectivity index (χ0) is 14.2. The molecule has 1 amide bonds. The Morgan fingerprint density at radius 2 is 2.20 bits per heavy atom. The van der Waals surface area contributed by atoms with Gasteiger partial charge in [-0.1, -0.05) is 6.07 Å². The molecular weight excluding hydrogens is 256 g/mol. The minimum atomic E-state index is -0.122. The Hall–Kier alpha value is -2.27. The van der Waals surface area contributed by atoms with Gasteiger partial charge in [0.15, 0.2) is 0 Å². The van der Waals surface area contributed by atoms with E-state index in [0.717, 1.165) is 12.2 Å². The van der Waals surface area contributed by atoms with E-state index >= 15 is 0 Å². The van der Waals surface area contributed by atoms with E-state index in [9.17, 15) is 4.79 Å². The van der Waals surface area contributed by atoms with Crippen molar-refractivity contribution in [1.29, 1.82) is 0 Å². The van der Waals surface area contributed by atoms with Gasteiger partial charge in [0.2, 0.25) is 0 Å². The molecule has 0 atom stereocenters. The number of hydrogen-bond acceptors (Lipinski definition) is 4. The van der Waals surface area contributed by atoms with Crippen LogP contribution < -0.4 is 11.1 Å². The molecule has 0 bridgehead atoms. The molecule has 0 radical (unpaired) electrons. The van der Waals surface area contributed by atoms with Gasteiger partial charge in [-0.2, -0.15) is 0 Å². The van der Waals surface area contributed by atoms with Gasteiger partial charge in [0.1, 0.15) is 12.4 Å². The summed E-state index contributed by atoms with van der Waals surface area (Å²) in [5.74, 6) is 0.678. The third-order valence-electron chi connectivity index (χ3n) is 2.72. The third-order valence-corrected chi connectivity index (χ3v) is 2.72. The Morgan fingerprint density at radius 3 is 2.95 bits per heavy atom. The topological polar surface area (TPSA) is 77.5 Å². The van der Waals surface area contributed by atoms with Gasteiger partial charge in [-0.15, -0.1) is 0 Å². The van der Waals surface area contributed by atoms with Crippen LogP contribution in [0.25, 0.3) is 0 Å². The highest BCUT2D eigenvalue weighted by Gasteiger charge is 2.04. The number of carbonyl (C=O) groups is 1. The van der Waals surface area contributed by atoms with Crippen molar-refractivity contribution in [2.75, 3.05) is 18.9 Å². The molecule has 5 nitrogen and oxygen atoms in total. The van der Waals surface area contributed by atoms with Crippen molar-refractivity contribution in [2.45, 2.75) is 13.0 Å². The molecule has 2 rings (SSSR count). The molecule has 2 aromatic rings. The average molecular weight is 274 g/mol. The van der Waals surface area contributed by atoms with E-state index in [-0.39, 0.29) is 5.91 Å². The van der Waals surface area contributed by atoms with Crippen molar-refractivity contribution in [2.24, 2.45) is 0 Å². The lowest BCUT2D eigenvalue weighted by atomic mass is 10.2. The predicted molar refractivity (Wildman–Crippen MR) is 76.2 cm³/mol. The van der Waals surface area contributed by atoms with Crippen molar-refractivity contribution >= 4 is 11.6 Å². The largest absolute Gasteiger partial charge is 0.467 e. The molecule has 0 aliphatic rings. The zero-order valence-corrected chi connectivity index (χ0v) is 11.2. The lowest BCUT2D eigenvalue weighted by molar-refractivity contribution is 0.0917. The van der Waals surface area contributed by atoms with Gasteiger partial charge in [-0.25, -0.2) is 0 Å². The Balaban J connectivity index is 1.60. The molecule has 3 N–H and O–H groups in total. The van der Waals surface area contributed by atoms with Gasteiger partial charge in [0.05, 0.1) is 6.26 Å². The summed E-state index contributed by atoms with van der Waals surface area (Å²) in [6, 6.07) is 10.6. The van der Waals surface area contributed by atoms with Crippen molar-refractivity contribution in [3.05, 3.63) is 54.0 Å². The van der Waals surface area contributed by atoms with E-state index in [1.165, 1.54) is 0 Å². The quantitative estimate of drug-likeness (QED) is 0.599. The second-order valence-corrected chi connectivity index (χ2v) is 4.37. The maximum atomic E-state index is 11.8. The number of benzene rings is 1. The van der Waals surface area contributed by atoms with Crippen LogP contribution in [0.1, 0.15) is 22.5 Å². The summed E-state index contributed by atoms with van der Waals surface area (Å²) < 4.78 is 10.6. The van der Waals surface area contributed by atoms with Gasteiger partial charge in [-0.05, 0) is 36.8 Å². The summed E-state index contributed by atoms with van der Waals surface area (Å²) >= 11 is 0. The Kier molecular flexibility index (Phi) is 5.20. The summed E-state index contributed by atoms with van der Waals surface area (Å²) in [5, 5.41) is 2.82. The van der Waals surface area contributed by atoms with Crippen LogP contribution in [0.3, 0.4) is 0 Å². The van der Waals surface area contributed by atoms with Crippen LogP contribution in [0.4, 0.5) is 5.69 Å². The second-order valence-electron chi connectivity index (χ2n) is 4.37. The van der Waals surface area contributed by atoms with Crippen molar-refractivity contribution in [3.8, 4) is 0 Å². The molecule has 0 saturated carbocycles. The van der Waals surface area contributed by atoms with E-state index in [4.69, 9.17) is 14.9 Å². The highest BCUT2D eigenvalue weighted by atomic mass is 16.5. The van der Waals surface area contributed by atoms with Gasteiger partial charge < -0.3 is 20.2 Å². The first-order chi connectivity index (χ1) is 9.75. The molecule has 1 heterocycles. The van der Waals surface area contributed by atoms with Crippen LogP contribution >= 0.6 is 0 Å². The second kappa shape index (κ2) is 7.35. The molecule has 0 spiro atoms. The molecule has 1 aromatic carbocycles. The maximum absolute atomic E-state index is 11.8. The first-order valence-electron chi connectivity index (χ1n) is 6.49. The van der Waals surface area contributed by atoms with E-state index in [0.29, 0.717) is 31.0 Å². The fraction of sp³-hybridized carbons (Fsp3) is 0.267. The molecule has 5 heteroatoms. The van der Waals surface area contributed by atoms with E-state index in [2.05, 4.69) is 5.32 Å². The zero-order valence-electron chi connectivity index (χ0n) is 11.2. The molecule has 0 aliphatic heterocycles. The fourth-order valence-corrected chi connectivity index (χ4v) is 1.73.